The Balaban J connectivity index is 1.56. The third-order valence-electron chi connectivity index (χ3n) is 4.56. The van der Waals surface area contributed by atoms with E-state index >= 15 is 0 Å². The summed E-state index contributed by atoms with van der Waals surface area (Å²) in [4.78, 5) is 14.0. The van der Waals surface area contributed by atoms with Crippen LogP contribution in [0.4, 0.5) is 0 Å². The topological polar surface area (TPSA) is 46.3 Å². The van der Waals surface area contributed by atoms with E-state index in [0.29, 0.717) is 11.5 Å². The first-order valence-corrected chi connectivity index (χ1v) is 10.3. The number of nitrogens with two attached hydrogens (primary N) is 1. The summed E-state index contributed by atoms with van der Waals surface area (Å²) in [5, 5.41) is 0. The fraction of sp³-hybridized carbons (Fsp3) is 0.588. The van der Waals surface area contributed by atoms with E-state index in [2.05, 4.69) is 34.5 Å². The zero-order valence-corrected chi connectivity index (χ0v) is 14.5. The number of hydrogen-bond donors (Lipinski definition) is 1. The van der Waals surface area contributed by atoms with Gasteiger partial charge in [-0.25, -0.2) is 0 Å². The standard InChI is InChI=1S/C17H24N2OS2/c18-17(20)15-3-1-2-13(9-15)8-14-4-5-19(10-14)16-11-21-6-7-22-12-16/h1-3,9,14,16H,4-8,10-12H2,(H2,18,20)/t14-/m1/s1. The highest BCUT2D eigenvalue weighted by Crippen LogP contribution is 2.27. The van der Waals surface area contributed by atoms with E-state index < -0.39 is 0 Å². The molecular weight excluding hydrogens is 312 g/mol. The Hall–Kier alpha value is -0.650. The molecule has 2 heterocycles. The number of benzene rings is 1. The predicted molar refractivity (Wildman–Crippen MR) is 96.8 cm³/mol. The smallest absolute Gasteiger partial charge is 0.248 e. The molecule has 1 atom stereocenters. The van der Waals surface area contributed by atoms with Crippen molar-refractivity contribution in [2.24, 2.45) is 11.7 Å². The Kier molecular flexibility index (Phi) is 5.71. The van der Waals surface area contributed by atoms with E-state index in [4.69, 9.17) is 5.73 Å². The average Bonchev–Trinajstić information content (AvgIpc) is 2.81. The van der Waals surface area contributed by atoms with Gasteiger partial charge >= 0.3 is 0 Å². The summed E-state index contributed by atoms with van der Waals surface area (Å²) in [7, 11) is 0. The maximum atomic E-state index is 11.3. The van der Waals surface area contributed by atoms with Crippen LogP contribution in [-0.2, 0) is 6.42 Å². The summed E-state index contributed by atoms with van der Waals surface area (Å²) in [6, 6.07) is 8.57. The number of carbonyl (C=O) groups excluding carboxylic acids is 1. The predicted octanol–water partition coefficient (Wildman–Crippen LogP) is 2.50. The van der Waals surface area contributed by atoms with E-state index in [9.17, 15) is 4.79 Å². The molecular formula is C17H24N2OS2. The SMILES string of the molecule is NC(=O)c1cccc(C[C@H]2CCN(C3CSCCSC3)C2)c1. The lowest BCUT2D eigenvalue weighted by Crippen LogP contribution is -2.37. The molecule has 0 aromatic heterocycles. The summed E-state index contributed by atoms with van der Waals surface area (Å²) >= 11 is 4.21. The van der Waals surface area contributed by atoms with Gasteiger partial charge < -0.3 is 5.73 Å². The monoisotopic (exact) mass is 336 g/mol. The van der Waals surface area contributed by atoms with Gasteiger partial charge in [0.15, 0.2) is 0 Å². The average molecular weight is 337 g/mol. The lowest BCUT2D eigenvalue weighted by molar-refractivity contribution is 0.1000. The van der Waals surface area contributed by atoms with Crippen molar-refractivity contribution in [1.29, 1.82) is 0 Å². The summed E-state index contributed by atoms with van der Waals surface area (Å²) in [5.41, 5.74) is 7.25. The van der Waals surface area contributed by atoms with E-state index in [1.165, 1.54) is 48.1 Å². The third kappa shape index (κ3) is 4.21. The maximum absolute atomic E-state index is 11.3. The lowest BCUT2D eigenvalue weighted by Gasteiger charge is -2.26. The summed E-state index contributed by atoms with van der Waals surface area (Å²) in [5.74, 6) is 5.56. The molecule has 0 aliphatic carbocycles. The molecule has 0 bridgehead atoms. The van der Waals surface area contributed by atoms with E-state index in [-0.39, 0.29) is 5.91 Å². The van der Waals surface area contributed by atoms with Gasteiger partial charge in [-0.3, -0.25) is 9.69 Å². The maximum Gasteiger partial charge on any atom is 0.248 e. The second-order valence-corrected chi connectivity index (χ2v) is 8.52. The summed E-state index contributed by atoms with van der Waals surface area (Å²) < 4.78 is 0. The highest BCUT2D eigenvalue weighted by atomic mass is 32.2. The minimum absolute atomic E-state index is 0.331. The molecule has 0 saturated carbocycles. The molecule has 2 saturated heterocycles. The molecule has 0 spiro atoms. The second-order valence-electron chi connectivity index (χ2n) is 6.22. The molecule has 1 amide bonds. The van der Waals surface area contributed by atoms with Gasteiger partial charge in [0.2, 0.25) is 5.91 Å². The molecule has 2 aliphatic rings. The van der Waals surface area contributed by atoms with Crippen LogP contribution in [0.3, 0.4) is 0 Å². The van der Waals surface area contributed by atoms with Gasteiger partial charge in [0, 0.05) is 41.2 Å². The Morgan fingerprint density at radius 2 is 2.05 bits per heavy atom. The molecule has 3 rings (SSSR count). The number of rotatable bonds is 4. The fourth-order valence-corrected chi connectivity index (χ4v) is 5.99. The third-order valence-corrected chi connectivity index (χ3v) is 7.05. The molecule has 0 radical (unpaired) electrons. The van der Waals surface area contributed by atoms with E-state index in [0.717, 1.165) is 12.5 Å². The first-order valence-electron chi connectivity index (χ1n) is 8.00. The van der Waals surface area contributed by atoms with E-state index in [1.54, 1.807) is 6.07 Å². The van der Waals surface area contributed by atoms with Crippen LogP contribution in [0.25, 0.3) is 0 Å². The zero-order valence-electron chi connectivity index (χ0n) is 12.9. The molecule has 2 fully saturated rings. The van der Waals surface area contributed by atoms with Crippen LogP contribution < -0.4 is 5.73 Å². The molecule has 2 aliphatic heterocycles. The number of carbonyl (C=O) groups is 1. The number of amides is 1. The number of nitrogens with zero attached hydrogens (tertiary/aromatic N) is 1. The highest BCUT2D eigenvalue weighted by molar-refractivity contribution is 8.03. The Labute approximate surface area is 141 Å². The second kappa shape index (κ2) is 7.75. The summed E-state index contributed by atoms with van der Waals surface area (Å²) in [6.07, 6.45) is 2.33. The van der Waals surface area contributed by atoms with Gasteiger partial charge in [-0.05, 0) is 43.0 Å². The van der Waals surface area contributed by atoms with Crippen LogP contribution in [0.1, 0.15) is 22.3 Å². The van der Waals surface area contributed by atoms with Crippen molar-refractivity contribution >= 4 is 29.4 Å². The fourth-order valence-electron chi connectivity index (χ4n) is 3.36. The van der Waals surface area contributed by atoms with Gasteiger partial charge in [-0.15, -0.1) is 0 Å². The van der Waals surface area contributed by atoms with Gasteiger partial charge in [0.05, 0.1) is 0 Å². The first kappa shape index (κ1) is 16.2. The quantitative estimate of drug-likeness (QED) is 0.918. The van der Waals surface area contributed by atoms with Crippen molar-refractivity contribution in [3.63, 3.8) is 0 Å². The van der Waals surface area contributed by atoms with Crippen molar-refractivity contribution in [1.82, 2.24) is 4.90 Å². The van der Waals surface area contributed by atoms with Gasteiger partial charge in [0.1, 0.15) is 0 Å². The number of thioether (sulfide) groups is 2. The van der Waals surface area contributed by atoms with Crippen LogP contribution >= 0.6 is 23.5 Å². The molecule has 22 heavy (non-hydrogen) atoms. The summed E-state index contributed by atoms with van der Waals surface area (Å²) in [6.45, 7) is 2.43. The Morgan fingerprint density at radius 3 is 2.77 bits per heavy atom. The first-order chi connectivity index (χ1) is 10.7. The minimum Gasteiger partial charge on any atom is -0.366 e. The molecule has 120 valence electrons. The Morgan fingerprint density at radius 1 is 1.27 bits per heavy atom. The van der Waals surface area contributed by atoms with Crippen molar-refractivity contribution in [3.8, 4) is 0 Å². The Bertz CT molecular complexity index is 515. The molecule has 0 unspecified atom stereocenters. The lowest BCUT2D eigenvalue weighted by atomic mass is 9.97. The molecule has 1 aromatic carbocycles. The largest absolute Gasteiger partial charge is 0.366 e. The van der Waals surface area contributed by atoms with Crippen molar-refractivity contribution < 1.29 is 4.79 Å². The van der Waals surface area contributed by atoms with Crippen molar-refractivity contribution in [2.75, 3.05) is 36.1 Å². The minimum atomic E-state index is -0.331. The zero-order chi connectivity index (χ0) is 15.4. The van der Waals surface area contributed by atoms with Gasteiger partial charge in [-0.2, -0.15) is 23.5 Å². The van der Waals surface area contributed by atoms with Gasteiger partial charge in [-0.1, -0.05) is 12.1 Å². The number of likely N-dealkylation sites (tertiary alicyclic amines) is 1. The van der Waals surface area contributed by atoms with Crippen LogP contribution in [0.15, 0.2) is 24.3 Å². The van der Waals surface area contributed by atoms with Gasteiger partial charge in [0.25, 0.3) is 0 Å². The van der Waals surface area contributed by atoms with Crippen LogP contribution in [-0.4, -0.2) is 52.9 Å². The molecule has 1 aromatic rings. The number of primary amides is 1. The van der Waals surface area contributed by atoms with Crippen LogP contribution in [0.5, 0.6) is 0 Å². The molecule has 3 nitrogen and oxygen atoms in total. The van der Waals surface area contributed by atoms with Crippen molar-refractivity contribution in [3.05, 3.63) is 35.4 Å². The van der Waals surface area contributed by atoms with Crippen LogP contribution in [0.2, 0.25) is 0 Å². The van der Waals surface area contributed by atoms with Crippen molar-refractivity contribution in [2.45, 2.75) is 18.9 Å². The highest BCUT2D eigenvalue weighted by Gasteiger charge is 2.29. The normalized spacial score (nSPS) is 24.3. The van der Waals surface area contributed by atoms with Crippen LogP contribution in [0, 0.1) is 5.92 Å². The molecule has 2 N–H and O–H groups in total. The number of hydrogen-bond acceptors (Lipinski definition) is 4. The van der Waals surface area contributed by atoms with E-state index in [1.807, 2.05) is 12.1 Å². The molecule has 5 heteroatoms.